The molecular formula is C12H14Cl2F3N3O. The predicted molar refractivity (Wildman–Crippen MR) is 77.1 cm³/mol. The second-order valence-electron chi connectivity index (χ2n) is 4.48. The second-order valence-corrected chi connectivity index (χ2v) is 4.89. The summed E-state index contributed by atoms with van der Waals surface area (Å²) in [6.45, 7) is 1.44. The minimum atomic E-state index is -4.48. The molecule has 1 saturated heterocycles. The molecule has 1 aliphatic heterocycles. The van der Waals surface area contributed by atoms with E-state index in [1.54, 1.807) is 0 Å². The molecule has 0 bridgehead atoms. The molecule has 4 nitrogen and oxygen atoms in total. The molecule has 0 aromatic heterocycles. The van der Waals surface area contributed by atoms with Crippen LogP contribution < -0.4 is 16.0 Å². The minimum Gasteiger partial charge on any atom is -0.334 e. The van der Waals surface area contributed by atoms with Crippen molar-refractivity contribution in [3.63, 3.8) is 0 Å². The highest BCUT2D eigenvalue weighted by atomic mass is 35.5. The van der Waals surface area contributed by atoms with E-state index in [-0.39, 0.29) is 29.2 Å². The van der Waals surface area contributed by atoms with Crippen molar-refractivity contribution in [2.24, 2.45) is 0 Å². The van der Waals surface area contributed by atoms with Crippen LogP contribution in [0, 0.1) is 0 Å². The fraction of sp³-hybridized carbons (Fsp3) is 0.417. The van der Waals surface area contributed by atoms with Gasteiger partial charge in [-0.05, 0) is 31.2 Å². The molecule has 1 unspecified atom stereocenters. The number of rotatable bonds is 2. The number of anilines is 1. The SMILES string of the molecule is Cl.O=C(Nc1cc(C(F)(F)F)ccc1Cl)NC1CCNC1. The zero-order valence-corrected chi connectivity index (χ0v) is 12.3. The van der Waals surface area contributed by atoms with Gasteiger partial charge in [0.1, 0.15) is 0 Å². The van der Waals surface area contributed by atoms with Crippen LogP contribution in [-0.2, 0) is 6.18 Å². The molecule has 1 heterocycles. The third-order valence-electron chi connectivity index (χ3n) is 2.94. The molecule has 2 rings (SSSR count). The zero-order chi connectivity index (χ0) is 14.8. The van der Waals surface area contributed by atoms with Crippen molar-refractivity contribution in [1.82, 2.24) is 10.6 Å². The molecule has 1 aliphatic rings. The molecule has 1 atom stereocenters. The van der Waals surface area contributed by atoms with Crippen molar-refractivity contribution >= 4 is 35.7 Å². The lowest BCUT2D eigenvalue weighted by atomic mass is 10.2. The first-order valence-electron chi connectivity index (χ1n) is 6.01. The summed E-state index contributed by atoms with van der Waals surface area (Å²) in [5.41, 5.74) is -0.926. The van der Waals surface area contributed by atoms with E-state index >= 15 is 0 Å². The van der Waals surface area contributed by atoms with Gasteiger partial charge < -0.3 is 16.0 Å². The van der Waals surface area contributed by atoms with E-state index in [0.29, 0.717) is 6.54 Å². The average Bonchev–Trinajstić information content (AvgIpc) is 2.83. The number of halogens is 5. The Labute approximate surface area is 130 Å². The van der Waals surface area contributed by atoms with Gasteiger partial charge in [0.25, 0.3) is 0 Å². The van der Waals surface area contributed by atoms with Crippen molar-refractivity contribution in [2.45, 2.75) is 18.6 Å². The number of benzene rings is 1. The number of carbonyl (C=O) groups excluding carboxylic acids is 1. The summed E-state index contributed by atoms with van der Waals surface area (Å²) in [5, 5.41) is 8.12. The molecule has 21 heavy (non-hydrogen) atoms. The van der Waals surface area contributed by atoms with Crippen LogP contribution in [0.1, 0.15) is 12.0 Å². The molecular weight excluding hydrogens is 330 g/mol. The van der Waals surface area contributed by atoms with Crippen molar-refractivity contribution in [3.8, 4) is 0 Å². The lowest BCUT2D eigenvalue weighted by Crippen LogP contribution is -2.39. The number of nitrogens with one attached hydrogen (secondary N) is 3. The van der Waals surface area contributed by atoms with Crippen LogP contribution in [-0.4, -0.2) is 25.2 Å². The summed E-state index contributed by atoms with van der Waals surface area (Å²) in [7, 11) is 0. The van der Waals surface area contributed by atoms with Crippen molar-refractivity contribution < 1.29 is 18.0 Å². The normalized spacial score (nSPS) is 18.0. The Bertz CT molecular complexity index is 505. The third-order valence-corrected chi connectivity index (χ3v) is 3.27. The Balaban J connectivity index is 0.00000220. The van der Waals surface area contributed by atoms with Crippen LogP contribution >= 0.6 is 24.0 Å². The van der Waals surface area contributed by atoms with Gasteiger partial charge in [-0.1, -0.05) is 11.6 Å². The number of hydrogen-bond acceptors (Lipinski definition) is 2. The Kier molecular flexibility index (Phi) is 6.12. The standard InChI is InChI=1S/C12H13ClF3N3O.ClH/c13-9-2-1-7(12(14,15)16)5-10(9)19-11(20)18-8-3-4-17-6-8;/h1-2,5,8,17H,3-4,6H2,(H2,18,19,20);1H. The first-order chi connectivity index (χ1) is 9.36. The Hall–Kier alpha value is -1.18. The van der Waals surface area contributed by atoms with E-state index < -0.39 is 17.8 Å². The molecule has 2 amide bonds. The average molecular weight is 344 g/mol. The largest absolute Gasteiger partial charge is 0.416 e. The Morgan fingerprint density at radius 3 is 2.67 bits per heavy atom. The summed E-state index contributed by atoms with van der Waals surface area (Å²) in [4.78, 5) is 11.7. The summed E-state index contributed by atoms with van der Waals surface area (Å²) < 4.78 is 37.8. The van der Waals surface area contributed by atoms with Gasteiger partial charge in [-0.15, -0.1) is 12.4 Å². The maximum atomic E-state index is 12.6. The van der Waals surface area contributed by atoms with Crippen molar-refractivity contribution in [1.29, 1.82) is 0 Å². The van der Waals surface area contributed by atoms with Crippen LogP contribution in [0.2, 0.25) is 5.02 Å². The van der Waals surface area contributed by atoms with Gasteiger partial charge in [0, 0.05) is 12.6 Å². The predicted octanol–water partition coefficient (Wildman–Crippen LogP) is 3.26. The zero-order valence-electron chi connectivity index (χ0n) is 10.8. The van der Waals surface area contributed by atoms with Crippen LogP contribution in [0.5, 0.6) is 0 Å². The first kappa shape index (κ1) is 17.9. The monoisotopic (exact) mass is 343 g/mol. The third kappa shape index (κ3) is 4.94. The second kappa shape index (κ2) is 7.20. The smallest absolute Gasteiger partial charge is 0.334 e. The molecule has 1 aromatic carbocycles. The number of hydrogen-bond donors (Lipinski definition) is 3. The van der Waals surface area contributed by atoms with E-state index in [4.69, 9.17) is 11.6 Å². The van der Waals surface area contributed by atoms with Crippen LogP contribution in [0.25, 0.3) is 0 Å². The van der Waals surface area contributed by atoms with E-state index in [2.05, 4.69) is 16.0 Å². The van der Waals surface area contributed by atoms with E-state index in [9.17, 15) is 18.0 Å². The summed E-state index contributed by atoms with van der Waals surface area (Å²) in [5.74, 6) is 0. The first-order valence-corrected chi connectivity index (χ1v) is 6.39. The molecule has 1 fully saturated rings. The summed E-state index contributed by atoms with van der Waals surface area (Å²) in [6, 6.07) is 2.19. The minimum absolute atomic E-state index is 0. The van der Waals surface area contributed by atoms with Crippen LogP contribution in [0.15, 0.2) is 18.2 Å². The molecule has 0 radical (unpaired) electrons. The number of amides is 2. The van der Waals surface area contributed by atoms with Gasteiger partial charge in [0.15, 0.2) is 0 Å². The molecule has 0 saturated carbocycles. The molecule has 3 N–H and O–H groups in total. The number of carbonyl (C=O) groups is 1. The fourth-order valence-corrected chi connectivity index (χ4v) is 2.08. The summed E-state index contributed by atoms with van der Waals surface area (Å²) in [6.07, 6.45) is -3.70. The molecule has 118 valence electrons. The highest BCUT2D eigenvalue weighted by Gasteiger charge is 2.31. The van der Waals surface area contributed by atoms with E-state index in [0.717, 1.165) is 31.2 Å². The highest BCUT2D eigenvalue weighted by molar-refractivity contribution is 6.33. The van der Waals surface area contributed by atoms with E-state index in [1.165, 1.54) is 0 Å². The molecule has 1 aromatic rings. The summed E-state index contributed by atoms with van der Waals surface area (Å²) >= 11 is 5.78. The quantitative estimate of drug-likeness (QED) is 0.771. The highest BCUT2D eigenvalue weighted by Crippen LogP contribution is 2.33. The molecule has 0 spiro atoms. The maximum absolute atomic E-state index is 12.6. The van der Waals surface area contributed by atoms with Crippen LogP contribution in [0.3, 0.4) is 0 Å². The van der Waals surface area contributed by atoms with Gasteiger partial charge in [0.2, 0.25) is 0 Å². The van der Waals surface area contributed by atoms with Crippen LogP contribution in [0.4, 0.5) is 23.7 Å². The van der Waals surface area contributed by atoms with Gasteiger partial charge in [0.05, 0.1) is 16.3 Å². The molecule has 9 heteroatoms. The van der Waals surface area contributed by atoms with Gasteiger partial charge in [-0.2, -0.15) is 13.2 Å². The fourth-order valence-electron chi connectivity index (χ4n) is 1.92. The Morgan fingerprint density at radius 1 is 1.38 bits per heavy atom. The number of alkyl halides is 3. The van der Waals surface area contributed by atoms with Gasteiger partial charge >= 0.3 is 12.2 Å². The van der Waals surface area contributed by atoms with Crippen molar-refractivity contribution in [2.75, 3.05) is 18.4 Å². The van der Waals surface area contributed by atoms with Gasteiger partial charge in [-0.3, -0.25) is 0 Å². The maximum Gasteiger partial charge on any atom is 0.416 e. The lowest BCUT2D eigenvalue weighted by molar-refractivity contribution is -0.137. The Morgan fingerprint density at radius 2 is 2.10 bits per heavy atom. The van der Waals surface area contributed by atoms with E-state index in [1.807, 2.05) is 0 Å². The molecule has 0 aliphatic carbocycles. The number of urea groups is 1. The lowest BCUT2D eigenvalue weighted by Gasteiger charge is -2.14. The van der Waals surface area contributed by atoms with Gasteiger partial charge in [-0.25, -0.2) is 4.79 Å². The topological polar surface area (TPSA) is 53.2 Å². The van der Waals surface area contributed by atoms with Crippen molar-refractivity contribution in [3.05, 3.63) is 28.8 Å².